The standard InChI is InChI=1S/C14H15BrN2O4/c1-7(2)13-16-11(21-17-13)6-20-14(19)9-4-8(3)5-10(15)12(9)18/h4-5,7,18H,6H2,1-3H3. The van der Waals surface area contributed by atoms with Crippen LogP contribution in [0.5, 0.6) is 5.75 Å². The number of aryl methyl sites for hydroxylation is 1. The van der Waals surface area contributed by atoms with Crippen LogP contribution in [0.2, 0.25) is 0 Å². The van der Waals surface area contributed by atoms with E-state index in [4.69, 9.17) is 9.26 Å². The molecule has 0 atom stereocenters. The van der Waals surface area contributed by atoms with Gasteiger partial charge in [-0.2, -0.15) is 4.98 Å². The number of carbonyl (C=O) groups excluding carboxylic acids is 1. The first-order valence-electron chi connectivity index (χ1n) is 6.37. The fraction of sp³-hybridized carbons (Fsp3) is 0.357. The summed E-state index contributed by atoms with van der Waals surface area (Å²) < 4.78 is 10.5. The molecule has 2 aromatic rings. The summed E-state index contributed by atoms with van der Waals surface area (Å²) in [6.45, 7) is 5.54. The molecule has 0 radical (unpaired) electrons. The van der Waals surface area contributed by atoms with Crippen molar-refractivity contribution in [2.45, 2.75) is 33.3 Å². The van der Waals surface area contributed by atoms with Gasteiger partial charge in [0.05, 0.1) is 4.47 Å². The maximum Gasteiger partial charge on any atom is 0.342 e. The van der Waals surface area contributed by atoms with E-state index in [0.29, 0.717) is 10.3 Å². The van der Waals surface area contributed by atoms with E-state index in [1.807, 2.05) is 20.8 Å². The van der Waals surface area contributed by atoms with Crippen LogP contribution in [0.15, 0.2) is 21.1 Å². The molecule has 0 aliphatic heterocycles. The predicted octanol–water partition coefficient (Wildman–Crippen LogP) is 3.33. The normalized spacial score (nSPS) is 10.9. The second-order valence-corrected chi connectivity index (χ2v) is 5.77. The maximum atomic E-state index is 12.0. The first-order valence-corrected chi connectivity index (χ1v) is 7.16. The first-order chi connectivity index (χ1) is 9.88. The van der Waals surface area contributed by atoms with Gasteiger partial charge in [-0.3, -0.25) is 0 Å². The van der Waals surface area contributed by atoms with Crippen molar-refractivity contribution in [1.82, 2.24) is 10.1 Å². The van der Waals surface area contributed by atoms with E-state index in [1.54, 1.807) is 12.1 Å². The van der Waals surface area contributed by atoms with Gasteiger partial charge in [0.25, 0.3) is 5.89 Å². The van der Waals surface area contributed by atoms with E-state index in [-0.39, 0.29) is 29.7 Å². The minimum atomic E-state index is -0.652. The Balaban J connectivity index is 2.08. The highest BCUT2D eigenvalue weighted by Crippen LogP contribution is 2.30. The second-order valence-electron chi connectivity index (χ2n) is 4.92. The van der Waals surface area contributed by atoms with E-state index in [9.17, 15) is 9.90 Å². The zero-order chi connectivity index (χ0) is 15.6. The Morgan fingerprint density at radius 2 is 2.19 bits per heavy atom. The van der Waals surface area contributed by atoms with Crippen molar-refractivity contribution in [1.29, 1.82) is 0 Å². The van der Waals surface area contributed by atoms with Crippen molar-refractivity contribution in [3.8, 4) is 5.75 Å². The van der Waals surface area contributed by atoms with Crippen LogP contribution >= 0.6 is 15.9 Å². The third-order valence-electron chi connectivity index (χ3n) is 2.75. The predicted molar refractivity (Wildman–Crippen MR) is 78.1 cm³/mol. The lowest BCUT2D eigenvalue weighted by molar-refractivity contribution is 0.0426. The highest BCUT2D eigenvalue weighted by Gasteiger charge is 2.18. The molecule has 1 N–H and O–H groups in total. The molecule has 6 nitrogen and oxygen atoms in total. The summed E-state index contributed by atoms with van der Waals surface area (Å²) in [5.74, 6) is 0.107. The van der Waals surface area contributed by atoms with Gasteiger partial charge >= 0.3 is 5.97 Å². The molecule has 0 aliphatic carbocycles. The van der Waals surface area contributed by atoms with E-state index >= 15 is 0 Å². The Hall–Kier alpha value is -1.89. The zero-order valence-corrected chi connectivity index (χ0v) is 13.5. The molecule has 2 rings (SSSR count). The molecule has 1 heterocycles. The van der Waals surface area contributed by atoms with E-state index in [1.165, 1.54) is 0 Å². The van der Waals surface area contributed by atoms with Crippen molar-refractivity contribution < 1.29 is 19.2 Å². The SMILES string of the molecule is Cc1cc(Br)c(O)c(C(=O)OCc2nc(C(C)C)no2)c1. The number of phenolic OH excluding ortho intramolecular Hbond substituents is 1. The number of benzene rings is 1. The topological polar surface area (TPSA) is 85.5 Å². The lowest BCUT2D eigenvalue weighted by atomic mass is 10.1. The van der Waals surface area contributed by atoms with Crippen molar-refractivity contribution in [3.63, 3.8) is 0 Å². The molecule has 0 saturated heterocycles. The van der Waals surface area contributed by atoms with Crippen LogP contribution in [-0.2, 0) is 11.3 Å². The molecular weight excluding hydrogens is 340 g/mol. The van der Waals surface area contributed by atoms with Crippen molar-refractivity contribution in [3.05, 3.63) is 39.4 Å². The van der Waals surface area contributed by atoms with Gasteiger partial charge in [-0.15, -0.1) is 0 Å². The summed E-state index contributed by atoms with van der Waals surface area (Å²) in [5.41, 5.74) is 0.914. The summed E-state index contributed by atoms with van der Waals surface area (Å²) in [6.07, 6.45) is 0. The van der Waals surface area contributed by atoms with Crippen molar-refractivity contribution in [2.24, 2.45) is 0 Å². The van der Waals surface area contributed by atoms with Gasteiger partial charge in [0, 0.05) is 5.92 Å². The van der Waals surface area contributed by atoms with Crippen LogP contribution < -0.4 is 0 Å². The Morgan fingerprint density at radius 1 is 1.48 bits per heavy atom. The zero-order valence-electron chi connectivity index (χ0n) is 11.9. The molecule has 7 heteroatoms. The Bertz CT molecular complexity index is 667. The van der Waals surface area contributed by atoms with Gasteiger partial charge < -0.3 is 14.4 Å². The van der Waals surface area contributed by atoms with Gasteiger partial charge in [0.2, 0.25) is 0 Å². The molecule has 112 valence electrons. The molecule has 0 aliphatic rings. The lowest BCUT2D eigenvalue weighted by Gasteiger charge is -2.07. The average Bonchev–Trinajstić information content (AvgIpc) is 2.89. The number of rotatable bonds is 4. The number of ether oxygens (including phenoxy) is 1. The molecule has 0 amide bonds. The van der Waals surface area contributed by atoms with E-state index in [2.05, 4.69) is 26.1 Å². The smallest absolute Gasteiger partial charge is 0.342 e. The van der Waals surface area contributed by atoms with Crippen molar-refractivity contribution in [2.75, 3.05) is 0 Å². The molecule has 0 bridgehead atoms. The number of carbonyl (C=O) groups is 1. The third kappa shape index (κ3) is 3.60. The van der Waals surface area contributed by atoms with Gasteiger partial charge in [-0.25, -0.2) is 4.79 Å². The maximum absolute atomic E-state index is 12.0. The molecule has 0 saturated carbocycles. The number of hydrogen-bond donors (Lipinski definition) is 1. The van der Waals surface area contributed by atoms with E-state index < -0.39 is 5.97 Å². The number of nitrogens with zero attached hydrogens (tertiary/aromatic N) is 2. The summed E-state index contributed by atoms with van der Waals surface area (Å²) in [7, 11) is 0. The van der Waals surface area contributed by atoms with Gasteiger partial charge in [-0.1, -0.05) is 19.0 Å². The van der Waals surface area contributed by atoms with Gasteiger partial charge in [0.15, 0.2) is 12.4 Å². The summed E-state index contributed by atoms with van der Waals surface area (Å²) in [4.78, 5) is 16.1. The quantitative estimate of drug-likeness (QED) is 0.847. The Labute approximate surface area is 130 Å². The fourth-order valence-electron chi connectivity index (χ4n) is 1.66. The minimum Gasteiger partial charge on any atom is -0.506 e. The molecule has 21 heavy (non-hydrogen) atoms. The highest BCUT2D eigenvalue weighted by molar-refractivity contribution is 9.10. The summed E-state index contributed by atoms with van der Waals surface area (Å²) >= 11 is 3.18. The lowest BCUT2D eigenvalue weighted by Crippen LogP contribution is -2.06. The molecule has 0 spiro atoms. The number of phenols is 1. The van der Waals surface area contributed by atoms with Crippen LogP contribution in [0.1, 0.15) is 47.4 Å². The number of hydrogen-bond acceptors (Lipinski definition) is 6. The number of halogens is 1. The van der Waals surface area contributed by atoms with Crippen LogP contribution in [0.4, 0.5) is 0 Å². The highest BCUT2D eigenvalue weighted by atomic mass is 79.9. The molecule has 0 fully saturated rings. The molecule has 1 aromatic carbocycles. The van der Waals surface area contributed by atoms with Gasteiger partial charge in [-0.05, 0) is 40.5 Å². The fourth-order valence-corrected chi connectivity index (χ4v) is 2.23. The monoisotopic (exact) mass is 354 g/mol. The first kappa shape index (κ1) is 15.5. The largest absolute Gasteiger partial charge is 0.506 e. The summed E-state index contributed by atoms with van der Waals surface area (Å²) in [6, 6.07) is 3.26. The number of aromatic hydroxyl groups is 1. The number of aromatic nitrogens is 2. The third-order valence-corrected chi connectivity index (χ3v) is 3.36. The molecule has 0 unspecified atom stereocenters. The van der Waals surface area contributed by atoms with Gasteiger partial charge in [0.1, 0.15) is 11.3 Å². The molecular formula is C14H15BrN2O4. The van der Waals surface area contributed by atoms with Crippen LogP contribution in [0, 0.1) is 6.92 Å². The summed E-state index contributed by atoms with van der Waals surface area (Å²) in [5, 5.41) is 13.6. The van der Waals surface area contributed by atoms with Crippen LogP contribution in [-0.4, -0.2) is 21.2 Å². The average molecular weight is 355 g/mol. The molecule has 1 aromatic heterocycles. The Morgan fingerprint density at radius 3 is 2.81 bits per heavy atom. The van der Waals surface area contributed by atoms with Crippen LogP contribution in [0.25, 0.3) is 0 Å². The minimum absolute atomic E-state index is 0.0884. The number of esters is 1. The second kappa shape index (κ2) is 6.26. The van der Waals surface area contributed by atoms with Crippen LogP contribution in [0.3, 0.4) is 0 Å². The van der Waals surface area contributed by atoms with Crippen molar-refractivity contribution >= 4 is 21.9 Å². The van der Waals surface area contributed by atoms with E-state index in [0.717, 1.165) is 5.56 Å². The Kier molecular flexibility index (Phi) is 4.62.